The van der Waals surface area contributed by atoms with Crippen molar-refractivity contribution >= 4 is 11.9 Å². The van der Waals surface area contributed by atoms with E-state index < -0.39 is 0 Å². The van der Waals surface area contributed by atoms with Crippen molar-refractivity contribution in [3.63, 3.8) is 0 Å². The lowest BCUT2D eigenvalue weighted by atomic mass is 10.2. The van der Waals surface area contributed by atoms with Crippen molar-refractivity contribution in [2.75, 3.05) is 0 Å². The van der Waals surface area contributed by atoms with Crippen LogP contribution in [-0.2, 0) is 0 Å². The molecule has 1 aromatic carbocycles. The predicted molar refractivity (Wildman–Crippen MR) is 75.6 cm³/mol. The summed E-state index contributed by atoms with van der Waals surface area (Å²) in [6.45, 7) is 0. The Morgan fingerprint density at radius 1 is 1.11 bits per heavy atom. The molecule has 1 aromatic heterocycles. The lowest BCUT2D eigenvalue weighted by molar-refractivity contribution is 0.521. The van der Waals surface area contributed by atoms with Gasteiger partial charge in [0.05, 0.1) is 5.69 Å². The highest BCUT2D eigenvalue weighted by molar-refractivity contribution is 5.81. The van der Waals surface area contributed by atoms with Gasteiger partial charge >= 0.3 is 0 Å². The minimum absolute atomic E-state index is 0.230. The first-order chi connectivity index (χ1) is 9.31. The largest absolute Gasteiger partial charge is 0.351 e. The fourth-order valence-corrected chi connectivity index (χ4v) is 2.61. The lowest BCUT2D eigenvalue weighted by Crippen LogP contribution is -2.00. The Hall–Kier alpha value is -1.90. The molecule has 0 aliphatic heterocycles. The number of hydrogen-bond donors (Lipinski definition) is 0. The van der Waals surface area contributed by atoms with Gasteiger partial charge in [-0.15, -0.1) is 0 Å². The molecule has 3 rings (SSSR count). The second-order valence-electron chi connectivity index (χ2n) is 5.06. The van der Waals surface area contributed by atoms with Gasteiger partial charge in [-0.25, -0.2) is 4.39 Å². The van der Waals surface area contributed by atoms with Crippen LogP contribution in [0.5, 0.6) is 0 Å². The van der Waals surface area contributed by atoms with Crippen molar-refractivity contribution in [1.82, 2.24) is 4.57 Å². The van der Waals surface area contributed by atoms with Gasteiger partial charge in [0, 0.05) is 30.2 Å². The molecule has 3 heteroatoms. The minimum Gasteiger partial charge on any atom is -0.351 e. The number of aliphatic imine (C=N–C) groups is 1. The van der Waals surface area contributed by atoms with Crippen molar-refractivity contribution in [1.29, 1.82) is 0 Å². The van der Waals surface area contributed by atoms with E-state index >= 15 is 0 Å². The highest BCUT2D eigenvalue weighted by Crippen LogP contribution is 2.29. The van der Waals surface area contributed by atoms with Crippen LogP contribution in [0.1, 0.15) is 37.3 Å². The molecule has 2 nitrogen and oxygen atoms in total. The summed E-state index contributed by atoms with van der Waals surface area (Å²) in [7, 11) is 0. The average Bonchev–Trinajstić information content (AvgIpc) is 3.09. The smallest absolute Gasteiger partial charge is 0.123 e. The third kappa shape index (κ3) is 2.92. The Balaban J connectivity index is 1.71. The van der Waals surface area contributed by atoms with E-state index in [1.54, 1.807) is 12.1 Å². The van der Waals surface area contributed by atoms with Crippen molar-refractivity contribution in [3.8, 4) is 0 Å². The number of nitrogens with zero attached hydrogens (tertiary/aromatic N) is 2. The second-order valence-corrected chi connectivity index (χ2v) is 5.06. The molecule has 1 fully saturated rings. The van der Waals surface area contributed by atoms with Gasteiger partial charge in [0.2, 0.25) is 0 Å². The monoisotopic (exact) mass is 256 g/mol. The molecule has 0 bridgehead atoms. The summed E-state index contributed by atoms with van der Waals surface area (Å²) >= 11 is 0. The van der Waals surface area contributed by atoms with Crippen LogP contribution in [0.2, 0.25) is 0 Å². The van der Waals surface area contributed by atoms with Crippen LogP contribution in [0.4, 0.5) is 10.1 Å². The number of benzene rings is 1. The Bertz CT molecular complexity index is 563. The normalized spacial score (nSPS) is 16.5. The number of halogens is 1. The van der Waals surface area contributed by atoms with Gasteiger partial charge in [-0.05, 0) is 43.2 Å². The van der Waals surface area contributed by atoms with Crippen LogP contribution in [0, 0.1) is 5.82 Å². The number of hydrogen-bond acceptors (Lipinski definition) is 1. The molecule has 98 valence electrons. The summed E-state index contributed by atoms with van der Waals surface area (Å²) in [6, 6.07) is 8.95. The van der Waals surface area contributed by atoms with Gasteiger partial charge < -0.3 is 4.57 Å². The van der Waals surface area contributed by atoms with Crippen molar-refractivity contribution in [2.24, 2.45) is 4.99 Å². The third-order valence-electron chi connectivity index (χ3n) is 3.67. The molecule has 1 saturated carbocycles. The molecule has 0 radical (unpaired) electrons. The van der Waals surface area contributed by atoms with E-state index in [1.165, 1.54) is 37.8 Å². The van der Waals surface area contributed by atoms with Gasteiger partial charge in [0.1, 0.15) is 5.82 Å². The Morgan fingerprint density at radius 2 is 1.84 bits per heavy atom. The van der Waals surface area contributed by atoms with Crippen molar-refractivity contribution < 1.29 is 4.39 Å². The van der Waals surface area contributed by atoms with E-state index in [0.717, 1.165) is 11.3 Å². The van der Waals surface area contributed by atoms with Crippen LogP contribution >= 0.6 is 0 Å². The second kappa shape index (κ2) is 5.39. The van der Waals surface area contributed by atoms with Crippen LogP contribution < -0.4 is 0 Å². The Labute approximate surface area is 112 Å². The molecular formula is C16H17FN2. The highest BCUT2D eigenvalue weighted by atomic mass is 19.1. The molecule has 0 saturated heterocycles. The number of aromatic nitrogens is 1. The van der Waals surface area contributed by atoms with Crippen molar-refractivity contribution in [2.45, 2.75) is 31.7 Å². The Kier molecular flexibility index (Phi) is 3.45. The molecule has 2 aromatic rings. The summed E-state index contributed by atoms with van der Waals surface area (Å²) in [4.78, 5) is 4.35. The maximum absolute atomic E-state index is 12.8. The first-order valence-corrected chi connectivity index (χ1v) is 6.78. The zero-order valence-corrected chi connectivity index (χ0v) is 10.8. The van der Waals surface area contributed by atoms with E-state index in [1.807, 2.05) is 6.21 Å². The van der Waals surface area contributed by atoms with Gasteiger partial charge in [0.25, 0.3) is 0 Å². The maximum atomic E-state index is 12.8. The van der Waals surface area contributed by atoms with E-state index in [9.17, 15) is 4.39 Å². The van der Waals surface area contributed by atoms with Crippen LogP contribution in [-0.4, -0.2) is 10.8 Å². The SMILES string of the molecule is Fc1ccc(N=Cc2ccn(C3CCCC3)c2)cc1. The van der Waals surface area contributed by atoms with E-state index in [2.05, 4.69) is 28.0 Å². The minimum atomic E-state index is -0.230. The molecular weight excluding hydrogens is 239 g/mol. The molecule has 19 heavy (non-hydrogen) atoms. The topological polar surface area (TPSA) is 17.3 Å². The average molecular weight is 256 g/mol. The lowest BCUT2D eigenvalue weighted by Gasteiger charge is -2.10. The maximum Gasteiger partial charge on any atom is 0.123 e. The molecule has 0 N–H and O–H groups in total. The fraction of sp³-hybridized carbons (Fsp3) is 0.312. The van der Waals surface area contributed by atoms with Crippen molar-refractivity contribution in [3.05, 3.63) is 54.1 Å². The summed E-state index contributed by atoms with van der Waals surface area (Å²) in [6.07, 6.45) is 11.3. The van der Waals surface area contributed by atoms with Crippen LogP contribution in [0.25, 0.3) is 0 Å². The third-order valence-corrected chi connectivity index (χ3v) is 3.67. The highest BCUT2D eigenvalue weighted by Gasteiger charge is 2.15. The summed E-state index contributed by atoms with van der Waals surface area (Å²) in [5.74, 6) is -0.230. The summed E-state index contributed by atoms with van der Waals surface area (Å²) in [5.41, 5.74) is 1.87. The van der Waals surface area contributed by atoms with Gasteiger partial charge in [-0.2, -0.15) is 0 Å². The first kappa shape index (κ1) is 12.2. The molecule has 0 atom stereocenters. The molecule has 1 aliphatic rings. The molecule has 0 spiro atoms. The van der Waals surface area contributed by atoms with Gasteiger partial charge in [0.15, 0.2) is 0 Å². The van der Waals surface area contributed by atoms with Gasteiger partial charge in [-0.1, -0.05) is 12.8 Å². The van der Waals surface area contributed by atoms with Crippen LogP contribution in [0.15, 0.2) is 47.7 Å². The van der Waals surface area contributed by atoms with E-state index in [4.69, 9.17) is 0 Å². The first-order valence-electron chi connectivity index (χ1n) is 6.78. The molecule has 0 amide bonds. The van der Waals surface area contributed by atoms with E-state index in [0.29, 0.717) is 6.04 Å². The van der Waals surface area contributed by atoms with Gasteiger partial charge in [-0.3, -0.25) is 4.99 Å². The molecule has 1 aliphatic carbocycles. The van der Waals surface area contributed by atoms with Crippen LogP contribution in [0.3, 0.4) is 0 Å². The Morgan fingerprint density at radius 3 is 2.58 bits per heavy atom. The fourth-order valence-electron chi connectivity index (χ4n) is 2.61. The number of rotatable bonds is 3. The van der Waals surface area contributed by atoms with E-state index in [-0.39, 0.29) is 5.82 Å². The quantitative estimate of drug-likeness (QED) is 0.720. The summed E-state index contributed by atoms with van der Waals surface area (Å²) in [5, 5.41) is 0. The zero-order chi connectivity index (χ0) is 13.1. The summed E-state index contributed by atoms with van der Waals surface area (Å²) < 4.78 is 15.1. The zero-order valence-electron chi connectivity index (χ0n) is 10.8. The standard InChI is InChI=1S/C16H17FN2/c17-14-5-7-15(8-6-14)18-11-13-9-10-19(12-13)16-3-1-2-4-16/h5-12,16H,1-4H2. The predicted octanol–water partition coefficient (Wildman–Crippen LogP) is 4.49. The molecule has 1 heterocycles. The molecule has 0 unspecified atom stereocenters.